The zero-order valence-corrected chi connectivity index (χ0v) is 14.3. The van der Waals surface area contributed by atoms with E-state index in [4.69, 9.17) is 13.3 Å². The van der Waals surface area contributed by atoms with Gasteiger partial charge in [-0.2, -0.15) is 0 Å². The van der Waals surface area contributed by atoms with Crippen molar-refractivity contribution in [1.29, 1.82) is 0 Å². The van der Waals surface area contributed by atoms with Gasteiger partial charge in [-0.25, -0.2) is 0 Å². The van der Waals surface area contributed by atoms with Gasteiger partial charge in [0, 0.05) is 30.7 Å². The van der Waals surface area contributed by atoms with Crippen LogP contribution in [0.15, 0.2) is 0 Å². The second-order valence-corrected chi connectivity index (χ2v) is 7.85. The normalized spacial score (nSPS) is 25.3. The number of hydrogen-bond donors (Lipinski definition) is 1. The molecule has 2 atom stereocenters. The Morgan fingerprint density at radius 2 is 1.50 bits per heavy atom. The number of alkyl halides is 1. The number of halogens is 1. The highest BCUT2D eigenvalue weighted by atomic mass is 79.9. The van der Waals surface area contributed by atoms with Gasteiger partial charge in [-0.3, -0.25) is 4.98 Å². The summed E-state index contributed by atoms with van der Waals surface area (Å²) in [5, 5.41) is 0. The van der Waals surface area contributed by atoms with Gasteiger partial charge >= 0.3 is 8.97 Å². The second kappa shape index (κ2) is 8.66. The molecule has 6 heteroatoms. The van der Waals surface area contributed by atoms with Crippen molar-refractivity contribution in [3.8, 4) is 0 Å². The molecular weight excluding hydrogens is 314 g/mol. The third kappa shape index (κ3) is 4.90. The Morgan fingerprint density at radius 1 is 1.00 bits per heavy atom. The number of hydrogen-bond acceptors (Lipinski definition) is 4. The number of rotatable bonds is 8. The standard InChI is InChI=1S/C12H26BrNO3Si/c1-4-15-18(16-5-2,17-6-3)14-12-10-8-7-9-11(12)13/h11-12,14H,4-10H2,1-3H3. The lowest BCUT2D eigenvalue weighted by Crippen LogP contribution is -2.64. The van der Waals surface area contributed by atoms with Crippen LogP contribution < -0.4 is 4.98 Å². The van der Waals surface area contributed by atoms with Crippen molar-refractivity contribution >= 4 is 24.9 Å². The monoisotopic (exact) mass is 339 g/mol. The van der Waals surface area contributed by atoms with Crippen LogP contribution in [0.5, 0.6) is 0 Å². The molecule has 1 rings (SSSR count). The first-order valence-electron chi connectivity index (χ1n) is 7.01. The summed E-state index contributed by atoms with van der Waals surface area (Å²) in [5.74, 6) is 0. The van der Waals surface area contributed by atoms with Crippen LogP contribution >= 0.6 is 15.9 Å². The van der Waals surface area contributed by atoms with E-state index in [0.717, 1.165) is 6.42 Å². The van der Waals surface area contributed by atoms with E-state index in [1.807, 2.05) is 20.8 Å². The topological polar surface area (TPSA) is 39.7 Å². The maximum atomic E-state index is 5.82. The Morgan fingerprint density at radius 3 is 1.94 bits per heavy atom. The molecule has 0 aromatic heterocycles. The minimum atomic E-state index is -2.70. The third-order valence-corrected chi connectivity index (χ3v) is 6.87. The fourth-order valence-corrected chi connectivity index (χ4v) is 5.70. The molecule has 0 saturated heterocycles. The van der Waals surface area contributed by atoms with Gasteiger partial charge in [-0.05, 0) is 33.6 Å². The molecule has 0 aromatic carbocycles. The van der Waals surface area contributed by atoms with E-state index in [1.54, 1.807) is 0 Å². The third-order valence-electron chi connectivity index (χ3n) is 3.05. The van der Waals surface area contributed by atoms with Crippen molar-refractivity contribution in [2.75, 3.05) is 19.8 Å². The summed E-state index contributed by atoms with van der Waals surface area (Å²) in [6, 6.07) is 0.384. The molecule has 0 bridgehead atoms. The van der Waals surface area contributed by atoms with Crippen LogP contribution in [0, 0.1) is 0 Å². The lowest BCUT2D eigenvalue weighted by atomic mass is 9.96. The summed E-state index contributed by atoms with van der Waals surface area (Å²) < 4.78 is 17.5. The molecule has 0 amide bonds. The van der Waals surface area contributed by atoms with Crippen LogP contribution in [0.4, 0.5) is 0 Å². The van der Waals surface area contributed by atoms with Gasteiger partial charge in [0.05, 0.1) is 0 Å². The minimum Gasteiger partial charge on any atom is -0.361 e. The average Bonchev–Trinajstić information content (AvgIpc) is 2.33. The van der Waals surface area contributed by atoms with Gasteiger partial charge in [0.1, 0.15) is 0 Å². The van der Waals surface area contributed by atoms with Crippen molar-refractivity contribution in [3.63, 3.8) is 0 Å². The molecule has 4 nitrogen and oxygen atoms in total. The summed E-state index contributed by atoms with van der Waals surface area (Å²) >= 11 is 3.75. The van der Waals surface area contributed by atoms with Crippen LogP contribution in [0.25, 0.3) is 0 Å². The van der Waals surface area contributed by atoms with E-state index < -0.39 is 8.97 Å². The average molecular weight is 340 g/mol. The van der Waals surface area contributed by atoms with Crippen molar-refractivity contribution < 1.29 is 13.3 Å². The fraction of sp³-hybridized carbons (Fsp3) is 1.00. The van der Waals surface area contributed by atoms with Gasteiger partial charge in [-0.15, -0.1) is 0 Å². The Hall–Kier alpha value is 0.537. The summed E-state index contributed by atoms with van der Waals surface area (Å²) in [5.41, 5.74) is 0. The van der Waals surface area contributed by atoms with E-state index in [-0.39, 0.29) is 0 Å². The molecule has 18 heavy (non-hydrogen) atoms. The maximum Gasteiger partial charge on any atom is 0.597 e. The molecule has 0 aromatic rings. The summed E-state index contributed by atoms with van der Waals surface area (Å²) in [4.78, 5) is 4.03. The first-order valence-corrected chi connectivity index (χ1v) is 9.65. The van der Waals surface area contributed by atoms with Gasteiger partial charge in [0.2, 0.25) is 0 Å². The van der Waals surface area contributed by atoms with Gasteiger partial charge in [-0.1, -0.05) is 28.8 Å². The first-order chi connectivity index (χ1) is 8.67. The largest absolute Gasteiger partial charge is 0.597 e. The molecule has 0 spiro atoms. The highest BCUT2D eigenvalue weighted by molar-refractivity contribution is 9.09. The fourth-order valence-electron chi connectivity index (χ4n) is 2.30. The highest BCUT2D eigenvalue weighted by Gasteiger charge is 2.45. The summed E-state index contributed by atoms with van der Waals surface area (Å²) in [7, 11) is -2.70. The van der Waals surface area contributed by atoms with Crippen molar-refractivity contribution in [2.24, 2.45) is 0 Å². The minimum absolute atomic E-state index is 0.384. The van der Waals surface area contributed by atoms with Crippen LogP contribution in [-0.4, -0.2) is 39.7 Å². The number of nitrogens with one attached hydrogen (secondary N) is 1. The quantitative estimate of drug-likeness (QED) is 0.545. The Kier molecular flexibility index (Phi) is 7.98. The predicted molar refractivity (Wildman–Crippen MR) is 78.7 cm³/mol. The van der Waals surface area contributed by atoms with E-state index in [1.165, 1.54) is 19.3 Å². The molecule has 1 N–H and O–H groups in total. The lowest BCUT2D eigenvalue weighted by Gasteiger charge is -2.36. The summed E-state index contributed by atoms with van der Waals surface area (Å²) in [6.45, 7) is 7.77. The molecule has 2 unspecified atom stereocenters. The molecule has 0 radical (unpaired) electrons. The van der Waals surface area contributed by atoms with Crippen molar-refractivity contribution in [2.45, 2.75) is 57.3 Å². The molecule has 1 saturated carbocycles. The van der Waals surface area contributed by atoms with Gasteiger partial charge in [0.25, 0.3) is 0 Å². The highest BCUT2D eigenvalue weighted by Crippen LogP contribution is 2.26. The van der Waals surface area contributed by atoms with Crippen LogP contribution in [-0.2, 0) is 13.3 Å². The Bertz CT molecular complexity index is 216. The summed E-state index contributed by atoms with van der Waals surface area (Å²) in [6.07, 6.45) is 4.90. The van der Waals surface area contributed by atoms with E-state index in [0.29, 0.717) is 30.7 Å². The first kappa shape index (κ1) is 16.6. The molecule has 0 heterocycles. The van der Waals surface area contributed by atoms with Crippen LogP contribution in [0.1, 0.15) is 46.5 Å². The van der Waals surface area contributed by atoms with Gasteiger partial charge in [0.15, 0.2) is 0 Å². The Balaban J connectivity index is 2.67. The van der Waals surface area contributed by atoms with Crippen molar-refractivity contribution in [1.82, 2.24) is 4.98 Å². The molecule has 0 aliphatic heterocycles. The van der Waals surface area contributed by atoms with E-state index in [2.05, 4.69) is 20.9 Å². The molecule has 1 aliphatic carbocycles. The second-order valence-electron chi connectivity index (χ2n) is 4.41. The van der Waals surface area contributed by atoms with E-state index >= 15 is 0 Å². The lowest BCUT2D eigenvalue weighted by molar-refractivity contribution is 0.0546. The zero-order chi connectivity index (χ0) is 13.4. The van der Waals surface area contributed by atoms with Crippen LogP contribution in [0.3, 0.4) is 0 Å². The van der Waals surface area contributed by atoms with Crippen LogP contribution in [0.2, 0.25) is 0 Å². The Labute approximate surface area is 120 Å². The van der Waals surface area contributed by atoms with E-state index in [9.17, 15) is 0 Å². The maximum absolute atomic E-state index is 5.82. The predicted octanol–water partition coefficient (Wildman–Crippen LogP) is 2.83. The SMILES string of the molecule is CCO[Si](NC1CCCCC1Br)(OCC)OCC. The zero-order valence-electron chi connectivity index (χ0n) is 11.7. The molecule has 108 valence electrons. The smallest absolute Gasteiger partial charge is 0.361 e. The van der Waals surface area contributed by atoms with Crippen molar-refractivity contribution in [3.05, 3.63) is 0 Å². The molecule has 1 aliphatic rings. The molecule has 1 fully saturated rings. The van der Waals surface area contributed by atoms with Gasteiger partial charge < -0.3 is 13.3 Å². The molecular formula is C12H26BrNO3Si.